The Balaban J connectivity index is 1.52. The molecule has 154 valence electrons. The number of rotatable bonds is 8. The number of hydrogen-bond donors (Lipinski definition) is 2. The number of likely N-dealkylation sites (tertiary alicyclic amines) is 1. The molecule has 2 N–H and O–H groups in total. The van der Waals surface area contributed by atoms with E-state index in [0.29, 0.717) is 23.8 Å². The van der Waals surface area contributed by atoms with Gasteiger partial charge >= 0.3 is 0 Å². The summed E-state index contributed by atoms with van der Waals surface area (Å²) in [5, 5.41) is 5.96. The molecule has 1 heterocycles. The number of carbonyl (C=O) groups excluding carboxylic acids is 2. The number of ether oxygens (including phenoxy) is 1. The number of carbonyl (C=O) groups is 2. The van der Waals surface area contributed by atoms with Crippen molar-refractivity contribution in [3.05, 3.63) is 54.1 Å². The van der Waals surface area contributed by atoms with Crippen LogP contribution in [0.1, 0.15) is 37.0 Å². The fourth-order valence-electron chi connectivity index (χ4n) is 3.18. The molecule has 2 amide bonds. The first-order valence-corrected chi connectivity index (χ1v) is 10.2. The second kappa shape index (κ2) is 9.96. The van der Waals surface area contributed by atoms with Crippen LogP contribution >= 0.6 is 0 Å². The standard InChI is InChI=1S/C23H29N3O3/c1-17(2)16-29-21-10-6-8-19(14-21)24-15-22(27)25-20-9-5-7-18(13-20)23(28)26-11-3-4-12-26/h5-10,13-14,17,24H,3-4,11-12,15-16H2,1-2H3,(H,25,27). The predicted octanol–water partition coefficient (Wildman–Crippen LogP) is 4.01. The summed E-state index contributed by atoms with van der Waals surface area (Å²) in [4.78, 5) is 26.7. The highest BCUT2D eigenvalue weighted by atomic mass is 16.5. The molecule has 29 heavy (non-hydrogen) atoms. The predicted molar refractivity (Wildman–Crippen MR) is 115 cm³/mol. The minimum atomic E-state index is -0.177. The molecule has 2 aromatic carbocycles. The van der Waals surface area contributed by atoms with Crippen LogP contribution in [0.2, 0.25) is 0 Å². The monoisotopic (exact) mass is 395 g/mol. The van der Waals surface area contributed by atoms with Crippen molar-refractivity contribution in [2.24, 2.45) is 5.92 Å². The van der Waals surface area contributed by atoms with Crippen LogP contribution in [-0.2, 0) is 4.79 Å². The van der Waals surface area contributed by atoms with E-state index >= 15 is 0 Å². The Morgan fingerprint density at radius 1 is 1.03 bits per heavy atom. The molecule has 0 bridgehead atoms. The lowest BCUT2D eigenvalue weighted by Gasteiger charge is -2.16. The maximum absolute atomic E-state index is 12.5. The van der Waals surface area contributed by atoms with Crippen molar-refractivity contribution in [1.82, 2.24) is 4.90 Å². The van der Waals surface area contributed by atoms with Crippen LogP contribution in [0.3, 0.4) is 0 Å². The molecule has 1 saturated heterocycles. The largest absolute Gasteiger partial charge is 0.493 e. The smallest absolute Gasteiger partial charge is 0.253 e. The third-order valence-electron chi connectivity index (χ3n) is 4.66. The first kappa shape index (κ1) is 20.7. The van der Waals surface area contributed by atoms with Gasteiger partial charge < -0.3 is 20.3 Å². The fraction of sp³-hybridized carbons (Fsp3) is 0.391. The average Bonchev–Trinajstić information content (AvgIpc) is 3.25. The Kier molecular flexibility index (Phi) is 7.11. The van der Waals surface area contributed by atoms with Gasteiger partial charge in [0, 0.05) is 36.1 Å². The molecule has 3 rings (SSSR count). The molecule has 0 spiro atoms. The van der Waals surface area contributed by atoms with E-state index in [-0.39, 0.29) is 18.4 Å². The molecule has 6 nitrogen and oxygen atoms in total. The molecule has 0 radical (unpaired) electrons. The summed E-state index contributed by atoms with van der Waals surface area (Å²) < 4.78 is 5.71. The van der Waals surface area contributed by atoms with Crippen molar-refractivity contribution in [1.29, 1.82) is 0 Å². The van der Waals surface area contributed by atoms with Crippen molar-refractivity contribution in [2.75, 3.05) is 36.9 Å². The molecule has 0 aromatic heterocycles. The zero-order valence-corrected chi connectivity index (χ0v) is 17.1. The highest BCUT2D eigenvalue weighted by Gasteiger charge is 2.19. The van der Waals surface area contributed by atoms with E-state index in [1.54, 1.807) is 24.3 Å². The molecule has 6 heteroatoms. The molecular weight excluding hydrogens is 366 g/mol. The van der Waals surface area contributed by atoms with Gasteiger partial charge in [0.05, 0.1) is 13.2 Å². The van der Waals surface area contributed by atoms with Gasteiger partial charge in [-0.3, -0.25) is 9.59 Å². The van der Waals surface area contributed by atoms with Gasteiger partial charge in [-0.05, 0) is 49.1 Å². The van der Waals surface area contributed by atoms with Crippen molar-refractivity contribution in [3.63, 3.8) is 0 Å². The first-order valence-electron chi connectivity index (χ1n) is 10.2. The number of amides is 2. The van der Waals surface area contributed by atoms with Crippen LogP contribution in [0.15, 0.2) is 48.5 Å². The van der Waals surface area contributed by atoms with E-state index in [1.807, 2.05) is 29.2 Å². The lowest BCUT2D eigenvalue weighted by atomic mass is 10.1. The van der Waals surface area contributed by atoms with Gasteiger partial charge in [-0.15, -0.1) is 0 Å². The summed E-state index contributed by atoms with van der Waals surface area (Å²) in [6.45, 7) is 6.58. The molecule has 0 aliphatic carbocycles. The van der Waals surface area contributed by atoms with Crippen LogP contribution in [0, 0.1) is 5.92 Å². The third-order valence-corrected chi connectivity index (χ3v) is 4.66. The van der Waals surface area contributed by atoms with Crippen LogP contribution in [0.4, 0.5) is 11.4 Å². The Hall–Kier alpha value is -3.02. The maximum atomic E-state index is 12.5. The maximum Gasteiger partial charge on any atom is 0.253 e. The molecule has 0 unspecified atom stereocenters. The summed E-state index contributed by atoms with van der Waals surface area (Å²) in [6, 6.07) is 14.7. The van der Waals surface area contributed by atoms with Gasteiger partial charge in [0.2, 0.25) is 5.91 Å². The van der Waals surface area contributed by atoms with Gasteiger partial charge in [-0.2, -0.15) is 0 Å². The molecule has 0 atom stereocenters. The normalized spacial score (nSPS) is 13.4. The summed E-state index contributed by atoms with van der Waals surface area (Å²) in [5.74, 6) is 1.07. The number of nitrogens with zero attached hydrogens (tertiary/aromatic N) is 1. The van der Waals surface area contributed by atoms with E-state index in [1.165, 1.54) is 0 Å². The highest BCUT2D eigenvalue weighted by Crippen LogP contribution is 2.19. The van der Waals surface area contributed by atoms with E-state index in [2.05, 4.69) is 24.5 Å². The van der Waals surface area contributed by atoms with E-state index < -0.39 is 0 Å². The van der Waals surface area contributed by atoms with Crippen LogP contribution in [-0.4, -0.2) is 43.0 Å². The molecule has 0 saturated carbocycles. The Morgan fingerprint density at radius 3 is 2.52 bits per heavy atom. The number of hydrogen-bond acceptors (Lipinski definition) is 4. The van der Waals surface area contributed by atoms with E-state index in [0.717, 1.165) is 37.4 Å². The molecule has 1 aliphatic heterocycles. The Morgan fingerprint density at radius 2 is 1.76 bits per heavy atom. The average molecular weight is 396 g/mol. The second-order valence-corrected chi connectivity index (χ2v) is 7.71. The second-order valence-electron chi connectivity index (χ2n) is 7.71. The molecule has 2 aromatic rings. The van der Waals surface area contributed by atoms with Crippen LogP contribution in [0.25, 0.3) is 0 Å². The Bertz CT molecular complexity index is 845. The van der Waals surface area contributed by atoms with E-state index in [9.17, 15) is 9.59 Å². The van der Waals surface area contributed by atoms with E-state index in [4.69, 9.17) is 4.74 Å². The summed E-state index contributed by atoms with van der Waals surface area (Å²) in [7, 11) is 0. The van der Waals surface area contributed by atoms with Gasteiger partial charge in [-0.25, -0.2) is 0 Å². The van der Waals surface area contributed by atoms with Crippen LogP contribution < -0.4 is 15.4 Å². The minimum Gasteiger partial charge on any atom is -0.493 e. The fourth-order valence-corrected chi connectivity index (χ4v) is 3.18. The Labute approximate surface area is 172 Å². The number of benzene rings is 2. The van der Waals surface area contributed by atoms with Crippen molar-refractivity contribution in [2.45, 2.75) is 26.7 Å². The summed E-state index contributed by atoms with van der Waals surface area (Å²) in [5.41, 5.74) is 2.04. The lowest BCUT2D eigenvalue weighted by Crippen LogP contribution is -2.27. The number of anilines is 2. The van der Waals surface area contributed by atoms with Gasteiger partial charge in [-0.1, -0.05) is 26.0 Å². The quantitative estimate of drug-likeness (QED) is 0.709. The topological polar surface area (TPSA) is 70.7 Å². The van der Waals surface area contributed by atoms with Crippen molar-refractivity contribution in [3.8, 4) is 5.75 Å². The highest BCUT2D eigenvalue weighted by molar-refractivity contribution is 5.98. The molecular formula is C23H29N3O3. The SMILES string of the molecule is CC(C)COc1cccc(NCC(=O)Nc2cccc(C(=O)N3CCCC3)c2)c1. The zero-order valence-electron chi connectivity index (χ0n) is 17.1. The van der Waals surface area contributed by atoms with Gasteiger partial charge in [0.15, 0.2) is 0 Å². The molecule has 1 aliphatic rings. The van der Waals surface area contributed by atoms with Crippen molar-refractivity contribution < 1.29 is 14.3 Å². The third kappa shape index (κ3) is 6.24. The summed E-state index contributed by atoms with van der Waals surface area (Å²) >= 11 is 0. The summed E-state index contributed by atoms with van der Waals surface area (Å²) in [6.07, 6.45) is 2.11. The van der Waals surface area contributed by atoms with Crippen molar-refractivity contribution >= 4 is 23.2 Å². The van der Waals surface area contributed by atoms with Crippen LogP contribution in [0.5, 0.6) is 5.75 Å². The molecule has 1 fully saturated rings. The lowest BCUT2D eigenvalue weighted by molar-refractivity contribution is -0.114. The minimum absolute atomic E-state index is 0.0231. The first-order chi connectivity index (χ1) is 14.0. The van der Waals surface area contributed by atoms with Gasteiger partial charge in [0.1, 0.15) is 5.75 Å². The zero-order chi connectivity index (χ0) is 20.6. The number of nitrogens with one attached hydrogen (secondary N) is 2. The van der Waals surface area contributed by atoms with Gasteiger partial charge in [0.25, 0.3) is 5.91 Å².